The molecule has 1 saturated heterocycles. The molecule has 0 bridgehead atoms. The van der Waals surface area contributed by atoms with Crippen LogP contribution in [0.5, 0.6) is 11.5 Å². The van der Waals surface area contributed by atoms with Gasteiger partial charge in [-0.3, -0.25) is 9.69 Å². The molecule has 0 radical (unpaired) electrons. The van der Waals surface area contributed by atoms with Gasteiger partial charge in [0, 0.05) is 10.7 Å². The van der Waals surface area contributed by atoms with Crippen LogP contribution in [-0.4, -0.2) is 24.9 Å². The highest BCUT2D eigenvalue weighted by atomic mass is 35.5. The van der Waals surface area contributed by atoms with Crippen LogP contribution in [0.1, 0.15) is 23.4 Å². The van der Waals surface area contributed by atoms with E-state index in [1.165, 1.54) is 0 Å². The molecule has 4 rings (SSSR count). The number of rotatable bonds is 7. The van der Waals surface area contributed by atoms with Gasteiger partial charge in [-0.2, -0.15) is 0 Å². The fourth-order valence-electron chi connectivity index (χ4n) is 3.74. The molecule has 1 aliphatic heterocycles. The van der Waals surface area contributed by atoms with Gasteiger partial charge in [0.25, 0.3) is 0 Å². The van der Waals surface area contributed by atoms with Gasteiger partial charge < -0.3 is 9.47 Å². The summed E-state index contributed by atoms with van der Waals surface area (Å²) in [5.41, 5.74) is 2.85. The summed E-state index contributed by atoms with van der Waals surface area (Å²) in [5, 5.41) is 0.281. The van der Waals surface area contributed by atoms with Crippen LogP contribution in [0.2, 0.25) is 5.02 Å². The molecule has 4 nitrogen and oxygen atoms in total. The van der Waals surface area contributed by atoms with Crippen molar-refractivity contribution in [3.05, 3.63) is 88.9 Å². The molecule has 1 aliphatic rings. The maximum atomic E-state index is 13.5. The zero-order chi connectivity index (χ0) is 21.8. The molecule has 0 aromatic heterocycles. The minimum Gasteiger partial charge on any atom is -0.493 e. The van der Waals surface area contributed by atoms with Crippen molar-refractivity contribution in [2.45, 2.75) is 24.0 Å². The van der Waals surface area contributed by atoms with Crippen molar-refractivity contribution in [1.29, 1.82) is 0 Å². The molecule has 1 fully saturated rings. The fraction of sp³-hybridized carbons (Fsp3) is 0.240. The number of amides is 1. The van der Waals surface area contributed by atoms with Crippen molar-refractivity contribution in [2.24, 2.45) is 0 Å². The second-order valence-electron chi connectivity index (χ2n) is 7.16. The summed E-state index contributed by atoms with van der Waals surface area (Å²) in [6, 6.07) is 23.4. The number of methoxy groups -OCH3 is 1. The number of ether oxygens (including phenoxy) is 2. The van der Waals surface area contributed by atoms with Crippen LogP contribution in [0.25, 0.3) is 0 Å². The smallest absolute Gasteiger partial charge is 0.241 e. The van der Waals surface area contributed by atoms with Crippen LogP contribution < -0.4 is 14.4 Å². The van der Waals surface area contributed by atoms with Gasteiger partial charge >= 0.3 is 0 Å². The summed E-state index contributed by atoms with van der Waals surface area (Å²) in [6.45, 7) is 2.48. The molecule has 160 valence electrons. The van der Waals surface area contributed by atoms with E-state index < -0.39 is 0 Å². The number of hydrogen-bond donors (Lipinski definition) is 0. The highest BCUT2D eigenvalue weighted by Gasteiger charge is 2.42. The van der Waals surface area contributed by atoms with E-state index in [1.807, 2.05) is 84.6 Å². The van der Waals surface area contributed by atoms with Crippen molar-refractivity contribution in [3.63, 3.8) is 0 Å². The van der Waals surface area contributed by atoms with Crippen LogP contribution in [0.15, 0.2) is 72.8 Å². The highest BCUT2D eigenvalue weighted by Crippen LogP contribution is 2.48. The Labute approximate surface area is 192 Å². The topological polar surface area (TPSA) is 38.8 Å². The summed E-state index contributed by atoms with van der Waals surface area (Å²) in [4.78, 5) is 15.4. The lowest BCUT2D eigenvalue weighted by Gasteiger charge is -2.25. The quantitative estimate of drug-likeness (QED) is 0.431. The summed E-state index contributed by atoms with van der Waals surface area (Å²) < 4.78 is 11.2. The SMILES string of the molecule is CCOc1cc(C2SC(Cc3ccccc3Cl)C(=O)N2c2ccccc2)ccc1OC. The van der Waals surface area contributed by atoms with Gasteiger partial charge in [0.05, 0.1) is 19.0 Å². The van der Waals surface area contributed by atoms with Crippen LogP contribution in [0.3, 0.4) is 0 Å². The number of carbonyl (C=O) groups excluding carboxylic acids is 1. The third kappa shape index (κ3) is 4.53. The number of hydrogen-bond acceptors (Lipinski definition) is 4. The molecule has 2 atom stereocenters. The predicted octanol–water partition coefficient (Wildman–Crippen LogP) is 6.14. The minimum atomic E-state index is -0.234. The zero-order valence-corrected chi connectivity index (χ0v) is 19.0. The number of thioether (sulfide) groups is 1. The molecule has 2 unspecified atom stereocenters. The molecule has 0 saturated carbocycles. The van der Waals surface area contributed by atoms with Crippen molar-refractivity contribution in [1.82, 2.24) is 0 Å². The van der Waals surface area contributed by atoms with E-state index in [0.29, 0.717) is 29.5 Å². The maximum absolute atomic E-state index is 13.5. The number of anilines is 1. The molecule has 0 N–H and O–H groups in total. The zero-order valence-electron chi connectivity index (χ0n) is 17.5. The largest absolute Gasteiger partial charge is 0.493 e. The lowest BCUT2D eigenvalue weighted by atomic mass is 10.1. The Morgan fingerprint density at radius 2 is 1.74 bits per heavy atom. The standard InChI is InChI=1S/C25H24ClNO3S/c1-3-30-22-15-18(13-14-21(22)29-2)25-27(19-10-5-4-6-11-19)24(28)23(31-25)16-17-9-7-8-12-20(17)26/h4-15,23,25H,3,16H2,1-2H3. The first-order valence-corrected chi connectivity index (χ1v) is 11.5. The summed E-state index contributed by atoms with van der Waals surface area (Å²) in [5.74, 6) is 1.44. The van der Waals surface area contributed by atoms with E-state index in [-0.39, 0.29) is 16.5 Å². The van der Waals surface area contributed by atoms with E-state index in [9.17, 15) is 4.79 Å². The first-order valence-electron chi connectivity index (χ1n) is 10.2. The molecule has 0 spiro atoms. The molecular weight excluding hydrogens is 430 g/mol. The lowest BCUT2D eigenvalue weighted by molar-refractivity contribution is -0.117. The van der Waals surface area contributed by atoms with E-state index in [1.54, 1.807) is 18.9 Å². The predicted molar refractivity (Wildman–Crippen MR) is 127 cm³/mol. The molecule has 1 amide bonds. The van der Waals surface area contributed by atoms with Crippen LogP contribution in [0.4, 0.5) is 5.69 Å². The summed E-state index contributed by atoms with van der Waals surface area (Å²) in [7, 11) is 1.63. The number of carbonyl (C=O) groups is 1. The van der Waals surface area contributed by atoms with E-state index in [2.05, 4.69) is 0 Å². The Kier molecular flexibility index (Phi) is 6.73. The van der Waals surface area contributed by atoms with E-state index in [0.717, 1.165) is 16.8 Å². The molecule has 0 aliphatic carbocycles. The molecule has 31 heavy (non-hydrogen) atoms. The fourth-order valence-corrected chi connectivity index (χ4v) is 5.42. The van der Waals surface area contributed by atoms with E-state index >= 15 is 0 Å². The van der Waals surface area contributed by atoms with Crippen molar-refractivity contribution in [3.8, 4) is 11.5 Å². The second-order valence-corrected chi connectivity index (χ2v) is 8.85. The second kappa shape index (κ2) is 9.67. The molecule has 6 heteroatoms. The number of nitrogens with zero attached hydrogens (tertiary/aromatic N) is 1. The van der Waals surface area contributed by atoms with Gasteiger partial charge in [0.2, 0.25) is 5.91 Å². The normalized spacial score (nSPS) is 18.3. The minimum absolute atomic E-state index is 0.0786. The molecule has 1 heterocycles. The third-order valence-electron chi connectivity index (χ3n) is 5.21. The average Bonchev–Trinajstić information content (AvgIpc) is 3.12. The van der Waals surface area contributed by atoms with Crippen LogP contribution in [0, 0.1) is 0 Å². The Bertz CT molecular complexity index is 1060. The number of benzene rings is 3. The Hall–Kier alpha value is -2.63. The number of para-hydroxylation sites is 1. The third-order valence-corrected chi connectivity index (χ3v) is 7.02. The summed E-state index contributed by atoms with van der Waals surface area (Å²) in [6.07, 6.45) is 0.581. The highest BCUT2D eigenvalue weighted by molar-refractivity contribution is 8.01. The van der Waals surface area contributed by atoms with Gasteiger partial charge in [-0.25, -0.2) is 0 Å². The Morgan fingerprint density at radius 1 is 1.00 bits per heavy atom. The first kappa shape index (κ1) is 21.6. The Morgan fingerprint density at radius 3 is 2.45 bits per heavy atom. The van der Waals surface area contributed by atoms with Crippen LogP contribution >= 0.6 is 23.4 Å². The molecular formula is C25H24ClNO3S. The number of halogens is 1. The Balaban J connectivity index is 1.71. The van der Waals surface area contributed by atoms with Gasteiger partial charge in [-0.05, 0) is 54.8 Å². The van der Waals surface area contributed by atoms with Gasteiger partial charge in [0.1, 0.15) is 5.37 Å². The monoisotopic (exact) mass is 453 g/mol. The lowest BCUT2D eigenvalue weighted by Crippen LogP contribution is -2.31. The summed E-state index contributed by atoms with van der Waals surface area (Å²) >= 11 is 8.02. The van der Waals surface area contributed by atoms with Gasteiger partial charge in [-0.1, -0.05) is 54.1 Å². The van der Waals surface area contributed by atoms with Crippen molar-refractivity contribution >= 4 is 35.0 Å². The van der Waals surface area contributed by atoms with Crippen LogP contribution in [-0.2, 0) is 11.2 Å². The van der Waals surface area contributed by atoms with Gasteiger partial charge in [0.15, 0.2) is 11.5 Å². The van der Waals surface area contributed by atoms with Crippen molar-refractivity contribution in [2.75, 3.05) is 18.6 Å². The van der Waals surface area contributed by atoms with Crippen molar-refractivity contribution < 1.29 is 14.3 Å². The van der Waals surface area contributed by atoms with E-state index in [4.69, 9.17) is 21.1 Å². The molecule has 3 aromatic carbocycles. The first-order chi connectivity index (χ1) is 15.1. The average molecular weight is 454 g/mol. The van der Waals surface area contributed by atoms with Gasteiger partial charge in [-0.15, -0.1) is 11.8 Å². The molecule has 3 aromatic rings. The maximum Gasteiger partial charge on any atom is 0.241 e.